The van der Waals surface area contributed by atoms with E-state index < -0.39 is 5.60 Å². The van der Waals surface area contributed by atoms with E-state index >= 15 is 0 Å². The first-order chi connectivity index (χ1) is 16.5. The average molecular weight is 476 g/mol. The van der Waals surface area contributed by atoms with Gasteiger partial charge < -0.3 is 19.7 Å². The normalized spacial score (nSPS) is 11.1. The molecular weight excluding hydrogens is 442 g/mol. The van der Waals surface area contributed by atoms with Crippen LogP contribution in [-0.4, -0.2) is 41.4 Å². The van der Waals surface area contributed by atoms with Crippen LogP contribution in [0.5, 0.6) is 17.2 Å². The summed E-state index contributed by atoms with van der Waals surface area (Å²) in [5.41, 5.74) is 2.29. The Labute approximate surface area is 207 Å². The van der Waals surface area contributed by atoms with Crippen molar-refractivity contribution < 1.29 is 19.1 Å². The minimum absolute atomic E-state index is 0.0893. The van der Waals surface area contributed by atoms with Crippen LogP contribution in [0, 0.1) is 13.8 Å². The highest BCUT2D eigenvalue weighted by molar-refractivity contribution is 6.04. The third-order valence-corrected chi connectivity index (χ3v) is 5.70. The average Bonchev–Trinajstić information content (AvgIpc) is 2.82. The first kappa shape index (κ1) is 25.7. The predicted molar refractivity (Wildman–Crippen MR) is 138 cm³/mol. The van der Waals surface area contributed by atoms with E-state index in [0.29, 0.717) is 34.2 Å². The van der Waals surface area contributed by atoms with Crippen LogP contribution in [0.1, 0.15) is 59.0 Å². The molecule has 3 rings (SSSR count). The van der Waals surface area contributed by atoms with Gasteiger partial charge in [0.1, 0.15) is 28.7 Å². The predicted octanol–water partition coefficient (Wildman–Crippen LogP) is 6.01. The van der Waals surface area contributed by atoms with Crippen molar-refractivity contribution in [2.45, 2.75) is 46.6 Å². The zero-order chi connectivity index (χ0) is 25.8. The molecule has 0 unspecified atom stereocenters. The van der Waals surface area contributed by atoms with Crippen molar-refractivity contribution in [1.29, 1.82) is 0 Å². The number of anilines is 1. The second-order valence-electron chi connectivity index (χ2n) is 9.31. The van der Waals surface area contributed by atoms with Gasteiger partial charge in [0.25, 0.3) is 11.8 Å². The van der Waals surface area contributed by atoms with Gasteiger partial charge >= 0.3 is 0 Å². The van der Waals surface area contributed by atoms with Gasteiger partial charge in [0.15, 0.2) is 0 Å². The van der Waals surface area contributed by atoms with E-state index in [1.165, 1.54) is 4.90 Å². The number of aryl methyl sites for hydroxylation is 1. The van der Waals surface area contributed by atoms with Gasteiger partial charge in [0.05, 0.1) is 0 Å². The Morgan fingerprint density at radius 3 is 2.20 bits per heavy atom. The number of aromatic nitrogens is 1. The summed E-state index contributed by atoms with van der Waals surface area (Å²) in [6.45, 7) is 9.86. The van der Waals surface area contributed by atoms with E-state index in [2.05, 4.69) is 10.3 Å². The van der Waals surface area contributed by atoms with E-state index in [1.54, 1.807) is 62.8 Å². The number of nitrogens with zero attached hydrogens (tertiary/aromatic N) is 2. The fourth-order valence-electron chi connectivity index (χ4n) is 3.16. The van der Waals surface area contributed by atoms with Crippen LogP contribution in [0.15, 0.2) is 54.7 Å². The van der Waals surface area contributed by atoms with E-state index in [9.17, 15) is 9.59 Å². The second-order valence-corrected chi connectivity index (χ2v) is 9.31. The maximum atomic E-state index is 13.1. The lowest BCUT2D eigenvalue weighted by molar-refractivity contribution is 0.0827. The fourth-order valence-corrected chi connectivity index (χ4v) is 3.16. The molecule has 184 valence electrons. The highest BCUT2D eigenvalue weighted by atomic mass is 16.5. The zero-order valence-electron chi connectivity index (χ0n) is 21.4. The maximum absolute atomic E-state index is 13.1. The number of hydrogen-bond acceptors (Lipinski definition) is 5. The number of benzene rings is 2. The fraction of sp³-hybridized carbons (Fsp3) is 0.321. The number of ether oxygens (including phenoxy) is 2. The van der Waals surface area contributed by atoms with Gasteiger partial charge in [-0.15, -0.1) is 0 Å². The van der Waals surface area contributed by atoms with Gasteiger partial charge in [-0.25, -0.2) is 4.98 Å². The molecule has 0 atom stereocenters. The molecule has 0 aliphatic heterocycles. The quantitative estimate of drug-likeness (QED) is 0.431. The van der Waals surface area contributed by atoms with E-state index in [0.717, 1.165) is 17.5 Å². The molecule has 0 aliphatic carbocycles. The van der Waals surface area contributed by atoms with Gasteiger partial charge in [0.2, 0.25) is 0 Å². The Morgan fingerprint density at radius 1 is 0.971 bits per heavy atom. The van der Waals surface area contributed by atoms with Crippen molar-refractivity contribution in [3.8, 4) is 17.2 Å². The molecule has 0 spiro atoms. The Morgan fingerprint density at radius 2 is 1.63 bits per heavy atom. The molecule has 7 heteroatoms. The van der Waals surface area contributed by atoms with Gasteiger partial charge in [-0.2, -0.15) is 0 Å². The summed E-state index contributed by atoms with van der Waals surface area (Å²) in [6.07, 6.45) is 2.48. The molecule has 1 heterocycles. The van der Waals surface area contributed by atoms with Crippen LogP contribution in [0.2, 0.25) is 0 Å². The molecule has 0 fully saturated rings. The third kappa shape index (κ3) is 6.59. The maximum Gasteiger partial charge on any atom is 0.257 e. The molecule has 0 saturated heterocycles. The van der Waals surface area contributed by atoms with Crippen molar-refractivity contribution in [1.82, 2.24) is 9.88 Å². The molecule has 1 aromatic heterocycles. The lowest BCUT2D eigenvalue weighted by Crippen LogP contribution is -2.27. The number of pyridine rings is 1. The highest BCUT2D eigenvalue weighted by Gasteiger charge is 2.22. The number of hydrogen-bond donors (Lipinski definition) is 1. The third-order valence-electron chi connectivity index (χ3n) is 5.70. The number of amides is 2. The highest BCUT2D eigenvalue weighted by Crippen LogP contribution is 2.36. The summed E-state index contributed by atoms with van der Waals surface area (Å²) in [4.78, 5) is 31.0. The standard InChI is InChI=1S/C28H33N3O4/c1-8-28(4,5)35-24-16-21(26(32)30-25-14-9-18(2)17-29-25)15-23(19(24)3)34-22-12-10-20(11-13-22)27(33)31(6)7/h9-17H,8H2,1-7H3,(H,29,30,32). The molecule has 0 bridgehead atoms. The summed E-state index contributed by atoms with van der Waals surface area (Å²) < 4.78 is 12.4. The van der Waals surface area contributed by atoms with Crippen molar-refractivity contribution in [2.24, 2.45) is 0 Å². The summed E-state index contributed by atoms with van der Waals surface area (Å²) in [5, 5.41) is 2.83. The van der Waals surface area contributed by atoms with Crippen molar-refractivity contribution >= 4 is 17.6 Å². The van der Waals surface area contributed by atoms with Crippen molar-refractivity contribution in [2.75, 3.05) is 19.4 Å². The monoisotopic (exact) mass is 475 g/mol. The van der Waals surface area contributed by atoms with Crippen LogP contribution in [0.4, 0.5) is 5.82 Å². The largest absolute Gasteiger partial charge is 0.487 e. The summed E-state index contributed by atoms with van der Waals surface area (Å²) in [7, 11) is 3.41. The number of carbonyl (C=O) groups excluding carboxylic acids is 2. The molecular formula is C28H33N3O4. The van der Waals surface area contributed by atoms with Crippen LogP contribution in [-0.2, 0) is 0 Å². The summed E-state index contributed by atoms with van der Waals surface area (Å²) in [5.74, 6) is 1.65. The van der Waals surface area contributed by atoms with Crippen molar-refractivity contribution in [3.05, 3.63) is 77.0 Å². The molecule has 0 aliphatic rings. The van der Waals surface area contributed by atoms with E-state index in [-0.39, 0.29) is 11.8 Å². The molecule has 7 nitrogen and oxygen atoms in total. The molecule has 1 N–H and O–H groups in total. The number of rotatable bonds is 8. The topological polar surface area (TPSA) is 80.8 Å². The first-order valence-corrected chi connectivity index (χ1v) is 11.6. The zero-order valence-corrected chi connectivity index (χ0v) is 21.4. The van der Waals surface area contributed by atoms with E-state index in [1.807, 2.05) is 40.7 Å². The number of carbonyl (C=O) groups is 2. The Hall–Kier alpha value is -3.87. The molecule has 0 saturated carbocycles. The molecule has 2 amide bonds. The first-order valence-electron chi connectivity index (χ1n) is 11.6. The Bertz CT molecular complexity index is 1200. The van der Waals surface area contributed by atoms with Gasteiger partial charge in [-0.05, 0) is 82.1 Å². The lowest BCUT2D eigenvalue weighted by Gasteiger charge is -2.27. The van der Waals surface area contributed by atoms with E-state index in [4.69, 9.17) is 9.47 Å². The Balaban J connectivity index is 1.95. The van der Waals surface area contributed by atoms with Crippen LogP contribution in [0.25, 0.3) is 0 Å². The van der Waals surface area contributed by atoms with Crippen LogP contribution in [0.3, 0.4) is 0 Å². The SMILES string of the molecule is CCC(C)(C)Oc1cc(C(=O)Nc2ccc(C)cn2)cc(Oc2ccc(C(=O)N(C)C)cc2)c1C. The molecule has 0 radical (unpaired) electrons. The minimum Gasteiger partial charge on any atom is -0.487 e. The smallest absolute Gasteiger partial charge is 0.257 e. The minimum atomic E-state index is -0.427. The van der Waals surface area contributed by atoms with Gasteiger partial charge in [0, 0.05) is 37.0 Å². The van der Waals surface area contributed by atoms with Crippen LogP contribution < -0.4 is 14.8 Å². The second kappa shape index (κ2) is 10.6. The van der Waals surface area contributed by atoms with Gasteiger partial charge in [-0.3, -0.25) is 9.59 Å². The summed E-state index contributed by atoms with van der Waals surface area (Å²) >= 11 is 0. The molecule has 35 heavy (non-hydrogen) atoms. The number of nitrogens with one attached hydrogen (secondary N) is 1. The van der Waals surface area contributed by atoms with Crippen molar-refractivity contribution in [3.63, 3.8) is 0 Å². The molecule has 3 aromatic rings. The Kier molecular flexibility index (Phi) is 7.79. The van der Waals surface area contributed by atoms with Gasteiger partial charge in [-0.1, -0.05) is 13.0 Å². The lowest BCUT2D eigenvalue weighted by atomic mass is 10.0. The van der Waals surface area contributed by atoms with Crippen LogP contribution >= 0.6 is 0 Å². The summed E-state index contributed by atoms with van der Waals surface area (Å²) in [6, 6.07) is 13.9. The molecule has 2 aromatic carbocycles.